The van der Waals surface area contributed by atoms with Gasteiger partial charge in [-0.15, -0.1) is 0 Å². The molecule has 1 aromatic carbocycles. The molecule has 2 aromatic heterocycles. The van der Waals surface area contributed by atoms with Crippen LogP contribution in [0.25, 0.3) is 5.52 Å². The molecule has 3 heterocycles. The molecule has 0 spiro atoms. The zero-order chi connectivity index (χ0) is 18.5. The quantitative estimate of drug-likeness (QED) is 0.665. The number of benzene rings is 1. The van der Waals surface area contributed by atoms with Gasteiger partial charge in [0.15, 0.2) is 5.16 Å². The van der Waals surface area contributed by atoms with Gasteiger partial charge < -0.3 is 10.2 Å². The van der Waals surface area contributed by atoms with Crippen molar-refractivity contribution in [1.82, 2.24) is 9.38 Å². The first-order valence-corrected chi connectivity index (χ1v) is 10.5. The predicted molar refractivity (Wildman–Crippen MR) is 112 cm³/mol. The minimum Gasteiger partial charge on any atom is -0.372 e. The lowest BCUT2D eigenvalue weighted by Gasteiger charge is -2.22. The maximum absolute atomic E-state index is 12.3. The van der Waals surface area contributed by atoms with Crippen molar-refractivity contribution < 1.29 is 4.79 Å². The lowest BCUT2D eigenvalue weighted by molar-refractivity contribution is -0.113. The molecular weight excluding hydrogens is 356 g/mol. The zero-order valence-electron chi connectivity index (χ0n) is 15.3. The fourth-order valence-electron chi connectivity index (χ4n) is 3.44. The second-order valence-electron chi connectivity index (χ2n) is 6.82. The largest absolute Gasteiger partial charge is 0.372 e. The maximum atomic E-state index is 12.3. The predicted octanol–water partition coefficient (Wildman–Crippen LogP) is 4.45. The van der Waals surface area contributed by atoms with E-state index in [1.807, 2.05) is 47.1 Å². The number of anilines is 2. The summed E-state index contributed by atoms with van der Waals surface area (Å²) in [5.41, 5.74) is 3.12. The number of thioether (sulfide) groups is 1. The van der Waals surface area contributed by atoms with Gasteiger partial charge in [-0.3, -0.25) is 9.20 Å². The molecule has 1 amide bonds. The Morgan fingerprint density at radius 1 is 1.04 bits per heavy atom. The van der Waals surface area contributed by atoms with Crippen LogP contribution in [0.15, 0.2) is 60.0 Å². The van der Waals surface area contributed by atoms with E-state index in [2.05, 4.69) is 27.3 Å². The van der Waals surface area contributed by atoms with E-state index < -0.39 is 0 Å². The minimum absolute atomic E-state index is 0.0183. The van der Waals surface area contributed by atoms with Gasteiger partial charge in [-0.25, -0.2) is 4.98 Å². The number of amides is 1. The van der Waals surface area contributed by atoms with E-state index >= 15 is 0 Å². The first kappa shape index (κ1) is 17.9. The normalized spacial score (nSPS) is 14.9. The number of carbonyl (C=O) groups excluding carboxylic acids is 1. The van der Waals surface area contributed by atoms with Crippen molar-refractivity contribution in [2.24, 2.45) is 0 Å². The second-order valence-corrected chi connectivity index (χ2v) is 7.76. The lowest BCUT2D eigenvalue weighted by atomic mass is 10.2. The smallest absolute Gasteiger partial charge is 0.234 e. The Morgan fingerprint density at radius 2 is 1.81 bits per heavy atom. The number of carbonyl (C=O) groups is 1. The third-order valence-corrected chi connectivity index (χ3v) is 5.83. The molecular formula is C21H24N4OS. The summed E-state index contributed by atoms with van der Waals surface area (Å²) in [5.74, 6) is 0.317. The van der Waals surface area contributed by atoms with E-state index in [4.69, 9.17) is 0 Å². The van der Waals surface area contributed by atoms with Gasteiger partial charge in [-0.1, -0.05) is 30.7 Å². The number of aromatic nitrogens is 2. The molecule has 1 aliphatic heterocycles. The standard InChI is InChI=1S/C21H24N4OS/c26-20(16-27-21-22-15-19-7-3-6-14-25(19)21)23-17-8-10-18(11-9-17)24-12-4-1-2-5-13-24/h3,6-11,14-15H,1-2,4-5,12-13,16H2,(H,23,26). The number of hydrogen-bond acceptors (Lipinski definition) is 4. The summed E-state index contributed by atoms with van der Waals surface area (Å²) >= 11 is 1.44. The maximum Gasteiger partial charge on any atom is 0.234 e. The van der Waals surface area contributed by atoms with E-state index in [1.165, 1.54) is 43.1 Å². The van der Waals surface area contributed by atoms with Crippen LogP contribution >= 0.6 is 11.8 Å². The number of imidazole rings is 1. The lowest BCUT2D eigenvalue weighted by Crippen LogP contribution is -2.23. The zero-order valence-corrected chi connectivity index (χ0v) is 16.1. The van der Waals surface area contributed by atoms with Crippen LogP contribution in [0.2, 0.25) is 0 Å². The van der Waals surface area contributed by atoms with E-state index in [-0.39, 0.29) is 5.91 Å². The van der Waals surface area contributed by atoms with Gasteiger partial charge in [0.05, 0.1) is 17.5 Å². The van der Waals surface area contributed by atoms with E-state index in [9.17, 15) is 4.79 Å². The summed E-state index contributed by atoms with van der Waals surface area (Å²) < 4.78 is 1.99. The van der Waals surface area contributed by atoms with E-state index in [0.29, 0.717) is 5.75 Å². The summed E-state index contributed by atoms with van der Waals surface area (Å²) in [7, 11) is 0. The molecule has 140 valence electrons. The SMILES string of the molecule is O=C(CSc1ncc2ccccn12)Nc1ccc(N2CCCCCC2)cc1. The second kappa shape index (κ2) is 8.48. The van der Waals surface area contributed by atoms with Gasteiger partial charge in [0, 0.05) is 30.7 Å². The molecule has 0 aliphatic carbocycles. The number of hydrogen-bond donors (Lipinski definition) is 1. The van der Waals surface area contributed by atoms with Crippen LogP contribution in [0.1, 0.15) is 25.7 Å². The fraction of sp³-hybridized carbons (Fsp3) is 0.333. The number of pyridine rings is 1. The van der Waals surface area contributed by atoms with Gasteiger partial charge in [0.2, 0.25) is 5.91 Å². The first-order valence-electron chi connectivity index (χ1n) is 9.49. The van der Waals surface area contributed by atoms with Crippen LogP contribution in [-0.4, -0.2) is 34.1 Å². The highest BCUT2D eigenvalue weighted by Crippen LogP contribution is 2.22. The summed E-state index contributed by atoms with van der Waals surface area (Å²) in [6.07, 6.45) is 8.96. The van der Waals surface area contributed by atoms with Gasteiger partial charge in [0.25, 0.3) is 0 Å². The number of nitrogens with zero attached hydrogens (tertiary/aromatic N) is 3. The third kappa shape index (κ3) is 4.45. The van der Waals surface area contributed by atoms with Crippen LogP contribution < -0.4 is 10.2 Å². The Hall–Kier alpha value is -2.47. The van der Waals surface area contributed by atoms with Crippen LogP contribution in [0.5, 0.6) is 0 Å². The van der Waals surface area contributed by atoms with Crippen molar-refractivity contribution in [2.75, 3.05) is 29.1 Å². The molecule has 3 aromatic rings. The third-order valence-electron chi connectivity index (χ3n) is 4.86. The molecule has 0 bridgehead atoms. The fourth-order valence-corrected chi connectivity index (χ4v) is 4.20. The average Bonchev–Trinajstić information content (AvgIpc) is 2.91. The molecule has 0 unspecified atom stereocenters. The molecule has 0 radical (unpaired) electrons. The highest BCUT2D eigenvalue weighted by molar-refractivity contribution is 7.99. The number of rotatable bonds is 5. The van der Waals surface area contributed by atoms with Crippen LogP contribution in [0.3, 0.4) is 0 Å². The summed E-state index contributed by atoms with van der Waals surface area (Å²) in [4.78, 5) is 19.1. The first-order chi connectivity index (χ1) is 13.3. The molecule has 0 atom stereocenters. The van der Waals surface area contributed by atoms with Crippen molar-refractivity contribution in [2.45, 2.75) is 30.8 Å². The Balaban J connectivity index is 1.32. The Bertz CT molecular complexity index is 898. The van der Waals surface area contributed by atoms with Crippen molar-refractivity contribution in [1.29, 1.82) is 0 Å². The van der Waals surface area contributed by atoms with Crippen molar-refractivity contribution >= 4 is 34.6 Å². The Labute approximate surface area is 163 Å². The van der Waals surface area contributed by atoms with Crippen LogP contribution in [0.4, 0.5) is 11.4 Å². The minimum atomic E-state index is -0.0183. The summed E-state index contributed by atoms with van der Waals surface area (Å²) in [6.45, 7) is 2.25. The van der Waals surface area contributed by atoms with Crippen molar-refractivity contribution in [3.05, 3.63) is 54.9 Å². The Kier molecular flexibility index (Phi) is 5.63. The van der Waals surface area contributed by atoms with Gasteiger partial charge >= 0.3 is 0 Å². The van der Waals surface area contributed by atoms with Crippen LogP contribution in [-0.2, 0) is 4.79 Å². The summed E-state index contributed by atoms with van der Waals surface area (Å²) in [5, 5.41) is 3.81. The van der Waals surface area contributed by atoms with E-state index in [0.717, 1.165) is 29.5 Å². The summed E-state index contributed by atoms with van der Waals surface area (Å²) in [6, 6.07) is 14.1. The monoisotopic (exact) mass is 380 g/mol. The molecule has 1 N–H and O–H groups in total. The molecule has 4 rings (SSSR count). The van der Waals surface area contributed by atoms with Crippen molar-refractivity contribution in [3.63, 3.8) is 0 Å². The number of fused-ring (bicyclic) bond motifs is 1. The van der Waals surface area contributed by atoms with Crippen LogP contribution in [0, 0.1) is 0 Å². The van der Waals surface area contributed by atoms with Gasteiger partial charge in [0.1, 0.15) is 0 Å². The molecule has 0 saturated carbocycles. The Morgan fingerprint density at radius 3 is 2.59 bits per heavy atom. The molecule has 1 saturated heterocycles. The van der Waals surface area contributed by atoms with Gasteiger partial charge in [-0.05, 0) is 49.2 Å². The number of nitrogens with one attached hydrogen (secondary N) is 1. The van der Waals surface area contributed by atoms with Crippen molar-refractivity contribution in [3.8, 4) is 0 Å². The highest BCUT2D eigenvalue weighted by Gasteiger charge is 2.11. The van der Waals surface area contributed by atoms with E-state index in [1.54, 1.807) is 0 Å². The molecule has 27 heavy (non-hydrogen) atoms. The molecule has 1 fully saturated rings. The molecule has 6 heteroatoms. The molecule has 5 nitrogen and oxygen atoms in total. The average molecular weight is 381 g/mol. The van der Waals surface area contributed by atoms with Gasteiger partial charge in [-0.2, -0.15) is 0 Å². The molecule has 1 aliphatic rings. The highest BCUT2D eigenvalue weighted by atomic mass is 32.2. The topological polar surface area (TPSA) is 49.6 Å².